The third kappa shape index (κ3) is 5.69. The number of aliphatic hydroxyl groups excluding tert-OH is 1. The van der Waals surface area contributed by atoms with E-state index in [4.69, 9.17) is 14.6 Å². The van der Waals surface area contributed by atoms with Gasteiger partial charge >= 0.3 is 0 Å². The number of benzene rings is 1. The van der Waals surface area contributed by atoms with Crippen molar-refractivity contribution >= 4 is 5.91 Å². The molecular weight excluding hydrogens is 294 g/mol. The number of rotatable bonds is 7. The molecule has 0 bridgehead atoms. The van der Waals surface area contributed by atoms with Crippen LogP contribution in [0.3, 0.4) is 0 Å². The van der Waals surface area contributed by atoms with Crippen LogP contribution >= 0.6 is 0 Å². The molecule has 1 aliphatic heterocycles. The molecule has 5 nitrogen and oxygen atoms in total. The summed E-state index contributed by atoms with van der Waals surface area (Å²) in [5, 5.41) is 12.1. The van der Waals surface area contributed by atoms with Gasteiger partial charge in [0, 0.05) is 12.8 Å². The Labute approximate surface area is 137 Å². The molecular formula is C18H25NO4. The summed E-state index contributed by atoms with van der Waals surface area (Å²) in [6.07, 6.45) is 5.79. The average Bonchev–Trinajstić information content (AvgIpc) is 2.57. The number of nitrogens with one attached hydrogen (secondary N) is 1. The van der Waals surface area contributed by atoms with Crippen molar-refractivity contribution in [2.45, 2.75) is 44.9 Å². The number of carbonyl (C=O) groups is 1. The Kier molecular flexibility index (Phi) is 7.10. The molecule has 1 aromatic rings. The van der Waals surface area contributed by atoms with Gasteiger partial charge < -0.3 is 19.9 Å². The Morgan fingerprint density at radius 2 is 2.17 bits per heavy atom. The van der Waals surface area contributed by atoms with Crippen LogP contribution in [0.1, 0.15) is 31.7 Å². The first-order valence-corrected chi connectivity index (χ1v) is 8.11. The molecule has 1 aliphatic rings. The molecule has 2 N–H and O–H groups in total. The largest absolute Gasteiger partial charge is 0.488 e. The minimum atomic E-state index is -0.149. The third-order valence-corrected chi connectivity index (χ3v) is 3.74. The molecule has 1 amide bonds. The van der Waals surface area contributed by atoms with Crippen molar-refractivity contribution in [3.05, 3.63) is 42.0 Å². The van der Waals surface area contributed by atoms with Crippen LogP contribution in [0, 0.1) is 0 Å². The molecule has 2 rings (SSSR count). The number of aliphatic hydroxyl groups is 1. The summed E-state index contributed by atoms with van der Waals surface area (Å²) in [7, 11) is 0. The van der Waals surface area contributed by atoms with Crippen molar-refractivity contribution in [3.63, 3.8) is 0 Å². The highest BCUT2D eigenvalue weighted by atomic mass is 16.5. The Hall–Kier alpha value is -1.85. The monoisotopic (exact) mass is 319 g/mol. The lowest BCUT2D eigenvalue weighted by molar-refractivity contribution is -0.123. The zero-order chi connectivity index (χ0) is 16.5. The molecule has 1 fully saturated rings. The van der Waals surface area contributed by atoms with Crippen molar-refractivity contribution in [1.82, 2.24) is 5.32 Å². The van der Waals surface area contributed by atoms with Crippen LogP contribution in [0.15, 0.2) is 36.4 Å². The SMILES string of the molecule is CC/C=C/CC(=O)N[C@@H]1COCC[C@H]1Oc1ccc(CO)cc1. The summed E-state index contributed by atoms with van der Waals surface area (Å²) in [4.78, 5) is 12.0. The Bertz CT molecular complexity index is 512. The molecule has 23 heavy (non-hydrogen) atoms. The molecule has 0 saturated carbocycles. The third-order valence-electron chi connectivity index (χ3n) is 3.74. The van der Waals surface area contributed by atoms with Crippen LogP contribution in [-0.2, 0) is 16.1 Å². The van der Waals surface area contributed by atoms with Gasteiger partial charge in [0.25, 0.3) is 0 Å². The molecule has 5 heteroatoms. The number of amides is 1. The van der Waals surface area contributed by atoms with E-state index in [1.54, 1.807) is 0 Å². The second-order valence-electron chi connectivity index (χ2n) is 5.58. The number of hydrogen-bond acceptors (Lipinski definition) is 4. The van der Waals surface area contributed by atoms with Gasteiger partial charge in [0.1, 0.15) is 11.9 Å². The van der Waals surface area contributed by atoms with E-state index in [0.717, 1.165) is 24.2 Å². The van der Waals surface area contributed by atoms with Crippen molar-refractivity contribution in [2.24, 2.45) is 0 Å². The number of carbonyl (C=O) groups excluding carboxylic acids is 1. The fourth-order valence-corrected chi connectivity index (χ4v) is 2.46. The maximum Gasteiger partial charge on any atom is 0.224 e. The van der Waals surface area contributed by atoms with Crippen LogP contribution in [0.25, 0.3) is 0 Å². The molecule has 2 atom stereocenters. The van der Waals surface area contributed by atoms with Gasteiger partial charge in [0.15, 0.2) is 0 Å². The highest BCUT2D eigenvalue weighted by Crippen LogP contribution is 2.19. The smallest absolute Gasteiger partial charge is 0.224 e. The topological polar surface area (TPSA) is 67.8 Å². The zero-order valence-corrected chi connectivity index (χ0v) is 13.5. The lowest BCUT2D eigenvalue weighted by Gasteiger charge is -2.32. The van der Waals surface area contributed by atoms with E-state index in [-0.39, 0.29) is 24.7 Å². The van der Waals surface area contributed by atoms with E-state index in [9.17, 15) is 4.79 Å². The normalized spacial score (nSPS) is 21.3. The fourth-order valence-electron chi connectivity index (χ4n) is 2.46. The van der Waals surface area contributed by atoms with E-state index < -0.39 is 0 Å². The molecule has 0 aromatic heterocycles. The van der Waals surface area contributed by atoms with Crippen LogP contribution in [0.4, 0.5) is 0 Å². The summed E-state index contributed by atoms with van der Waals surface area (Å²) in [6.45, 7) is 3.14. The standard InChI is InChI=1S/C18H25NO4/c1-2-3-4-5-18(21)19-16-13-22-11-10-17(16)23-15-8-6-14(12-20)7-9-15/h3-4,6-9,16-17,20H,2,5,10-13H2,1H3,(H,19,21)/b4-3+/t16-,17-/m1/s1. The summed E-state index contributed by atoms with van der Waals surface area (Å²) in [6, 6.07) is 7.19. The van der Waals surface area contributed by atoms with Crippen molar-refractivity contribution < 1.29 is 19.4 Å². The van der Waals surface area contributed by atoms with Gasteiger partial charge in [-0.3, -0.25) is 4.79 Å². The van der Waals surface area contributed by atoms with Crippen LogP contribution < -0.4 is 10.1 Å². The minimum absolute atomic E-state index is 0.0154. The number of allylic oxidation sites excluding steroid dienone is 1. The van der Waals surface area contributed by atoms with Gasteiger partial charge in [0.05, 0.1) is 25.9 Å². The van der Waals surface area contributed by atoms with Gasteiger partial charge in [-0.05, 0) is 24.1 Å². The predicted octanol–water partition coefficient (Wildman–Crippen LogP) is 2.19. The average molecular weight is 319 g/mol. The first kappa shape index (κ1) is 17.5. The van der Waals surface area contributed by atoms with Gasteiger partial charge in [-0.1, -0.05) is 31.2 Å². The Morgan fingerprint density at radius 3 is 2.87 bits per heavy atom. The predicted molar refractivity (Wildman–Crippen MR) is 88.2 cm³/mol. The summed E-state index contributed by atoms with van der Waals surface area (Å²) < 4.78 is 11.5. The Balaban J connectivity index is 1.91. The molecule has 1 aromatic carbocycles. The molecule has 1 saturated heterocycles. The lowest BCUT2D eigenvalue weighted by Crippen LogP contribution is -2.51. The fraction of sp³-hybridized carbons (Fsp3) is 0.500. The van der Waals surface area contributed by atoms with Crippen LogP contribution in [-0.4, -0.2) is 36.4 Å². The van der Waals surface area contributed by atoms with Gasteiger partial charge in [0.2, 0.25) is 5.91 Å². The number of hydrogen-bond donors (Lipinski definition) is 2. The minimum Gasteiger partial charge on any atom is -0.488 e. The molecule has 0 radical (unpaired) electrons. The quantitative estimate of drug-likeness (QED) is 0.756. The summed E-state index contributed by atoms with van der Waals surface area (Å²) in [5.74, 6) is 0.716. The summed E-state index contributed by atoms with van der Waals surface area (Å²) >= 11 is 0. The molecule has 0 aliphatic carbocycles. The second kappa shape index (κ2) is 9.33. The highest BCUT2D eigenvalue weighted by molar-refractivity contribution is 5.77. The Morgan fingerprint density at radius 1 is 1.39 bits per heavy atom. The lowest BCUT2D eigenvalue weighted by atomic mass is 10.1. The van der Waals surface area contributed by atoms with E-state index in [1.165, 1.54) is 0 Å². The van der Waals surface area contributed by atoms with E-state index >= 15 is 0 Å². The van der Waals surface area contributed by atoms with Crippen molar-refractivity contribution in [2.75, 3.05) is 13.2 Å². The van der Waals surface area contributed by atoms with Crippen LogP contribution in [0.2, 0.25) is 0 Å². The second-order valence-corrected chi connectivity index (χ2v) is 5.58. The number of ether oxygens (including phenoxy) is 2. The van der Waals surface area contributed by atoms with Crippen molar-refractivity contribution in [3.8, 4) is 5.75 Å². The summed E-state index contributed by atoms with van der Waals surface area (Å²) in [5.41, 5.74) is 0.844. The van der Waals surface area contributed by atoms with Gasteiger partial charge in [-0.15, -0.1) is 0 Å². The van der Waals surface area contributed by atoms with Gasteiger partial charge in [-0.25, -0.2) is 0 Å². The highest BCUT2D eigenvalue weighted by Gasteiger charge is 2.28. The first-order valence-electron chi connectivity index (χ1n) is 8.11. The molecule has 0 unspecified atom stereocenters. The first-order chi connectivity index (χ1) is 11.2. The van der Waals surface area contributed by atoms with Crippen LogP contribution in [0.5, 0.6) is 5.75 Å². The van der Waals surface area contributed by atoms with E-state index in [1.807, 2.05) is 43.3 Å². The van der Waals surface area contributed by atoms with E-state index in [0.29, 0.717) is 19.6 Å². The molecule has 1 heterocycles. The van der Waals surface area contributed by atoms with Gasteiger partial charge in [-0.2, -0.15) is 0 Å². The van der Waals surface area contributed by atoms with Crippen molar-refractivity contribution in [1.29, 1.82) is 0 Å². The van der Waals surface area contributed by atoms with E-state index in [2.05, 4.69) is 5.32 Å². The molecule has 126 valence electrons. The maximum atomic E-state index is 12.0. The maximum absolute atomic E-state index is 12.0. The molecule has 0 spiro atoms. The zero-order valence-electron chi connectivity index (χ0n) is 13.5.